The molecule has 0 radical (unpaired) electrons. The number of aliphatic hydroxyl groups excluding tert-OH is 1. The first kappa shape index (κ1) is 11.6. The van der Waals surface area contributed by atoms with Crippen molar-refractivity contribution in [2.75, 3.05) is 0 Å². The summed E-state index contributed by atoms with van der Waals surface area (Å²) in [6.07, 6.45) is 0.701. The molecule has 5 heteroatoms. The van der Waals surface area contributed by atoms with Crippen LogP contribution in [0.2, 0.25) is 0 Å². The highest BCUT2D eigenvalue weighted by Crippen LogP contribution is 2.20. The predicted molar refractivity (Wildman–Crippen MR) is 61.2 cm³/mol. The van der Waals surface area contributed by atoms with E-state index in [4.69, 9.17) is 5.11 Å². The van der Waals surface area contributed by atoms with Gasteiger partial charge in [0.1, 0.15) is 0 Å². The molecular formula is C11H15NO3S. The monoisotopic (exact) mass is 241 g/mol. The van der Waals surface area contributed by atoms with E-state index in [1.54, 1.807) is 12.1 Å². The van der Waals surface area contributed by atoms with Crippen molar-refractivity contribution in [3.8, 4) is 0 Å². The molecule has 0 atom stereocenters. The third kappa shape index (κ3) is 3.04. The molecule has 2 N–H and O–H groups in total. The lowest BCUT2D eigenvalue weighted by atomic mass is 9.91. The van der Waals surface area contributed by atoms with Crippen molar-refractivity contribution in [3.63, 3.8) is 0 Å². The standard InChI is InChI=1S/C11H15NO3S/c13-11-6-10(7-11)12-16(14,15)8-9-4-2-1-3-5-9/h1-5,10-13H,6-8H2. The van der Waals surface area contributed by atoms with E-state index in [9.17, 15) is 8.42 Å². The van der Waals surface area contributed by atoms with Gasteiger partial charge < -0.3 is 5.11 Å². The number of hydrogen-bond donors (Lipinski definition) is 2. The second-order valence-corrected chi connectivity index (χ2v) is 5.94. The number of rotatable bonds is 4. The molecule has 0 aliphatic heterocycles. The molecule has 0 unspecified atom stereocenters. The van der Waals surface area contributed by atoms with Gasteiger partial charge in [-0.3, -0.25) is 0 Å². The van der Waals surface area contributed by atoms with Gasteiger partial charge in [-0.2, -0.15) is 0 Å². The highest BCUT2D eigenvalue weighted by molar-refractivity contribution is 7.88. The fraction of sp³-hybridized carbons (Fsp3) is 0.455. The Labute approximate surface area is 95.4 Å². The quantitative estimate of drug-likeness (QED) is 0.812. The van der Waals surface area contributed by atoms with Crippen molar-refractivity contribution in [2.24, 2.45) is 0 Å². The second-order valence-electron chi connectivity index (χ2n) is 4.18. The van der Waals surface area contributed by atoms with Crippen LogP contribution >= 0.6 is 0 Å². The summed E-state index contributed by atoms with van der Waals surface area (Å²) >= 11 is 0. The summed E-state index contributed by atoms with van der Waals surface area (Å²) < 4.78 is 26.0. The maximum atomic E-state index is 11.7. The highest BCUT2D eigenvalue weighted by Gasteiger charge is 2.30. The highest BCUT2D eigenvalue weighted by atomic mass is 32.2. The summed E-state index contributed by atoms with van der Waals surface area (Å²) in [5, 5.41) is 9.07. The average molecular weight is 241 g/mol. The van der Waals surface area contributed by atoms with E-state index in [1.165, 1.54) is 0 Å². The summed E-state index contributed by atoms with van der Waals surface area (Å²) in [5.41, 5.74) is 0.773. The Morgan fingerprint density at radius 2 is 1.88 bits per heavy atom. The fourth-order valence-electron chi connectivity index (χ4n) is 1.77. The van der Waals surface area contributed by atoms with Gasteiger partial charge in [0.05, 0.1) is 11.9 Å². The van der Waals surface area contributed by atoms with Gasteiger partial charge in [-0.1, -0.05) is 30.3 Å². The van der Waals surface area contributed by atoms with Crippen molar-refractivity contribution in [2.45, 2.75) is 30.7 Å². The van der Waals surface area contributed by atoms with Crippen molar-refractivity contribution >= 4 is 10.0 Å². The van der Waals surface area contributed by atoms with Gasteiger partial charge in [0.2, 0.25) is 10.0 Å². The molecule has 0 heterocycles. The first-order valence-electron chi connectivity index (χ1n) is 5.27. The van der Waals surface area contributed by atoms with Crippen molar-refractivity contribution < 1.29 is 13.5 Å². The Balaban J connectivity index is 1.93. The van der Waals surface area contributed by atoms with Crippen LogP contribution in [0.3, 0.4) is 0 Å². The molecule has 0 aromatic heterocycles. The minimum absolute atomic E-state index is 0.000432. The van der Waals surface area contributed by atoms with E-state index in [0.29, 0.717) is 12.8 Å². The van der Waals surface area contributed by atoms with Gasteiger partial charge >= 0.3 is 0 Å². The van der Waals surface area contributed by atoms with Gasteiger partial charge in [-0.25, -0.2) is 13.1 Å². The lowest BCUT2D eigenvalue weighted by molar-refractivity contribution is 0.0712. The number of sulfonamides is 1. The van der Waals surface area contributed by atoms with E-state index in [2.05, 4.69) is 4.72 Å². The molecule has 0 saturated heterocycles. The molecule has 16 heavy (non-hydrogen) atoms. The SMILES string of the molecule is O=S(=O)(Cc1ccccc1)NC1CC(O)C1. The van der Waals surface area contributed by atoms with Crippen LogP contribution in [-0.2, 0) is 15.8 Å². The van der Waals surface area contributed by atoms with Gasteiger partial charge in [-0.15, -0.1) is 0 Å². The molecule has 4 nitrogen and oxygen atoms in total. The zero-order chi connectivity index (χ0) is 11.6. The van der Waals surface area contributed by atoms with Crippen LogP contribution in [0.1, 0.15) is 18.4 Å². The van der Waals surface area contributed by atoms with Crippen LogP contribution in [0.25, 0.3) is 0 Å². The smallest absolute Gasteiger partial charge is 0.216 e. The third-order valence-electron chi connectivity index (χ3n) is 2.66. The normalized spacial score (nSPS) is 25.1. The molecule has 1 aromatic rings. The van der Waals surface area contributed by atoms with Crippen LogP contribution in [0.15, 0.2) is 30.3 Å². The van der Waals surface area contributed by atoms with Crippen LogP contribution in [0.5, 0.6) is 0 Å². The lowest BCUT2D eigenvalue weighted by Crippen LogP contribution is -2.46. The molecule has 0 spiro atoms. The molecule has 0 bridgehead atoms. The maximum Gasteiger partial charge on any atom is 0.216 e. The predicted octanol–water partition coefficient (Wildman–Crippen LogP) is 0.629. The largest absolute Gasteiger partial charge is 0.393 e. The van der Waals surface area contributed by atoms with Gasteiger partial charge in [-0.05, 0) is 18.4 Å². The molecule has 0 amide bonds. The second kappa shape index (κ2) is 4.53. The molecular weight excluding hydrogens is 226 g/mol. The average Bonchev–Trinajstić information content (AvgIpc) is 2.15. The third-order valence-corrected chi connectivity index (χ3v) is 4.06. The fourth-order valence-corrected chi connectivity index (χ4v) is 3.19. The van der Waals surface area contributed by atoms with Crippen molar-refractivity contribution in [1.82, 2.24) is 4.72 Å². The molecule has 1 aromatic carbocycles. The first-order chi connectivity index (χ1) is 7.55. The number of aliphatic hydroxyl groups is 1. The Hall–Kier alpha value is -0.910. The Bertz CT molecular complexity index is 438. The number of nitrogens with one attached hydrogen (secondary N) is 1. The van der Waals surface area contributed by atoms with E-state index < -0.39 is 10.0 Å². The van der Waals surface area contributed by atoms with Gasteiger partial charge in [0.25, 0.3) is 0 Å². The molecule has 2 rings (SSSR count). The Morgan fingerprint density at radius 3 is 2.44 bits per heavy atom. The van der Waals surface area contributed by atoms with Crippen LogP contribution in [0, 0.1) is 0 Å². The molecule has 88 valence electrons. The summed E-state index contributed by atoms with van der Waals surface area (Å²) in [7, 11) is -3.28. The minimum atomic E-state index is -3.28. The van der Waals surface area contributed by atoms with Crippen molar-refractivity contribution in [1.29, 1.82) is 0 Å². The summed E-state index contributed by atoms with van der Waals surface area (Å²) in [6.45, 7) is 0. The van der Waals surface area contributed by atoms with E-state index in [0.717, 1.165) is 5.56 Å². The lowest BCUT2D eigenvalue weighted by Gasteiger charge is -2.31. The summed E-state index contributed by atoms with van der Waals surface area (Å²) in [4.78, 5) is 0. The van der Waals surface area contributed by atoms with Crippen molar-refractivity contribution in [3.05, 3.63) is 35.9 Å². The minimum Gasteiger partial charge on any atom is -0.393 e. The Morgan fingerprint density at radius 1 is 1.25 bits per heavy atom. The Kier molecular flexibility index (Phi) is 3.28. The van der Waals surface area contributed by atoms with Gasteiger partial charge in [0.15, 0.2) is 0 Å². The molecule has 1 fully saturated rings. The van der Waals surface area contributed by atoms with E-state index in [1.807, 2.05) is 18.2 Å². The number of benzene rings is 1. The number of hydrogen-bond acceptors (Lipinski definition) is 3. The van der Waals surface area contributed by atoms with E-state index >= 15 is 0 Å². The molecule has 1 aliphatic carbocycles. The van der Waals surface area contributed by atoms with E-state index in [-0.39, 0.29) is 17.9 Å². The molecule has 1 saturated carbocycles. The zero-order valence-corrected chi connectivity index (χ0v) is 9.65. The van der Waals surface area contributed by atoms with Crippen LogP contribution < -0.4 is 4.72 Å². The maximum absolute atomic E-state index is 11.7. The summed E-state index contributed by atoms with van der Waals surface area (Å²) in [5.74, 6) is 0.000432. The zero-order valence-electron chi connectivity index (χ0n) is 8.83. The molecule has 1 aliphatic rings. The topological polar surface area (TPSA) is 66.4 Å². The first-order valence-corrected chi connectivity index (χ1v) is 6.92. The summed E-state index contributed by atoms with van der Waals surface area (Å²) in [6, 6.07) is 8.97. The van der Waals surface area contributed by atoms with Gasteiger partial charge in [0, 0.05) is 6.04 Å². The van der Waals surface area contributed by atoms with Crippen LogP contribution in [-0.4, -0.2) is 25.7 Å². The van der Waals surface area contributed by atoms with Crippen LogP contribution in [0.4, 0.5) is 0 Å².